The van der Waals surface area contributed by atoms with E-state index in [0.29, 0.717) is 6.04 Å². The lowest BCUT2D eigenvalue weighted by molar-refractivity contribution is 0.252. The summed E-state index contributed by atoms with van der Waals surface area (Å²) < 4.78 is 0. The molecule has 3 heteroatoms. The van der Waals surface area contributed by atoms with E-state index in [1.165, 1.54) is 38.8 Å². The van der Waals surface area contributed by atoms with Crippen LogP contribution in [0.2, 0.25) is 0 Å². The molecule has 1 aliphatic carbocycles. The molecule has 1 unspecified atom stereocenters. The van der Waals surface area contributed by atoms with Gasteiger partial charge in [-0.25, -0.2) is 0 Å². The maximum atomic E-state index is 9.30. The van der Waals surface area contributed by atoms with Gasteiger partial charge in [-0.15, -0.1) is 0 Å². The van der Waals surface area contributed by atoms with Crippen molar-refractivity contribution in [3.05, 3.63) is 0 Å². The van der Waals surface area contributed by atoms with Crippen molar-refractivity contribution in [3.63, 3.8) is 0 Å². The summed E-state index contributed by atoms with van der Waals surface area (Å²) in [5.74, 6) is 0. The molecule has 0 saturated heterocycles. The molecule has 0 heterocycles. The van der Waals surface area contributed by atoms with Crippen LogP contribution in [-0.2, 0) is 0 Å². The molecule has 1 N–H and O–H groups in total. The molecule has 1 atom stereocenters. The summed E-state index contributed by atoms with van der Waals surface area (Å²) in [6, 6.07) is 3.67. The van der Waals surface area contributed by atoms with Crippen LogP contribution in [-0.4, -0.2) is 35.6 Å². The number of hydrogen-bond donors (Lipinski definition) is 1. The zero-order chi connectivity index (χ0) is 14.3. The number of hydrogen-bond acceptors (Lipinski definition) is 3. The first kappa shape index (κ1) is 16.5. The van der Waals surface area contributed by atoms with Crippen molar-refractivity contribution in [1.82, 2.24) is 10.2 Å². The quantitative estimate of drug-likeness (QED) is 0.616. The SMILES string of the molecule is CCCN(CCCCC(C)(C#N)NC(C)C)C1CC1. The smallest absolute Gasteiger partial charge is 0.104 e. The third-order valence-electron chi connectivity index (χ3n) is 3.80. The fourth-order valence-corrected chi connectivity index (χ4v) is 2.79. The Hall–Kier alpha value is -0.590. The minimum Gasteiger partial charge on any atom is -0.300 e. The van der Waals surface area contributed by atoms with Gasteiger partial charge in [0, 0.05) is 12.1 Å². The standard InChI is InChI=1S/C16H31N3/c1-5-11-19(15-8-9-15)12-7-6-10-16(4,13-17)18-14(2)3/h14-15,18H,5-12H2,1-4H3. The van der Waals surface area contributed by atoms with Crippen molar-refractivity contribution in [3.8, 4) is 6.07 Å². The van der Waals surface area contributed by atoms with E-state index in [1.807, 2.05) is 6.92 Å². The second-order valence-electron chi connectivity index (χ2n) is 6.47. The molecular formula is C16H31N3. The lowest BCUT2D eigenvalue weighted by Gasteiger charge is -2.26. The van der Waals surface area contributed by atoms with E-state index in [9.17, 15) is 5.26 Å². The Balaban J connectivity index is 2.22. The zero-order valence-corrected chi connectivity index (χ0v) is 13.2. The maximum Gasteiger partial charge on any atom is 0.104 e. The van der Waals surface area contributed by atoms with Crippen molar-refractivity contribution in [2.24, 2.45) is 0 Å². The van der Waals surface area contributed by atoms with Gasteiger partial charge in [-0.3, -0.25) is 5.32 Å². The number of rotatable bonds is 10. The zero-order valence-electron chi connectivity index (χ0n) is 13.2. The average Bonchev–Trinajstić information content (AvgIpc) is 3.16. The Kier molecular flexibility index (Phi) is 6.82. The van der Waals surface area contributed by atoms with Gasteiger partial charge < -0.3 is 4.90 Å². The lowest BCUT2D eigenvalue weighted by atomic mass is 9.95. The predicted octanol–water partition coefficient (Wildman–Crippen LogP) is 3.31. The van der Waals surface area contributed by atoms with E-state index in [1.54, 1.807) is 0 Å². The van der Waals surface area contributed by atoms with Crippen LogP contribution in [0, 0.1) is 11.3 Å². The first-order valence-corrected chi connectivity index (χ1v) is 7.93. The van der Waals surface area contributed by atoms with Crippen molar-refractivity contribution in [1.29, 1.82) is 5.26 Å². The third-order valence-corrected chi connectivity index (χ3v) is 3.80. The molecule has 0 aliphatic heterocycles. The molecule has 3 nitrogen and oxygen atoms in total. The van der Waals surface area contributed by atoms with Gasteiger partial charge >= 0.3 is 0 Å². The topological polar surface area (TPSA) is 39.1 Å². The van der Waals surface area contributed by atoms with Crippen LogP contribution in [0.15, 0.2) is 0 Å². The monoisotopic (exact) mass is 265 g/mol. The number of nitrogens with one attached hydrogen (secondary N) is 1. The summed E-state index contributed by atoms with van der Waals surface area (Å²) in [5.41, 5.74) is -0.358. The normalized spacial score (nSPS) is 18.6. The van der Waals surface area contributed by atoms with Crippen molar-refractivity contribution in [2.75, 3.05) is 13.1 Å². The highest BCUT2D eigenvalue weighted by Gasteiger charge is 2.28. The summed E-state index contributed by atoms with van der Waals surface area (Å²) in [7, 11) is 0. The Labute approximate surface area is 119 Å². The maximum absolute atomic E-state index is 9.30. The minimum absolute atomic E-state index is 0.358. The summed E-state index contributed by atoms with van der Waals surface area (Å²) >= 11 is 0. The molecule has 1 rings (SSSR count). The molecule has 0 bridgehead atoms. The third kappa shape index (κ3) is 6.40. The van der Waals surface area contributed by atoms with Crippen LogP contribution >= 0.6 is 0 Å². The average molecular weight is 265 g/mol. The van der Waals surface area contributed by atoms with E-state index in [0.717, 1.165) is 18.9 Å². The predicted molar refractivity (Wildman–Crippen MR) is 81.0 cm³/mol. The second kappa shape index (κ2) is 7.87. The highest BCUT2D eigenvalue weighted by atomic mass is 15.2. The highest BCUT2D eigenvalue weighted by Crippen LogP contribution is 2.27. The molecular weight excluding hydrogens is 234 g/mol. The molecule has 0 spiro atoms. The van der Waals surface area contributed by atoms with E-state index in [4.69, 9.17) is 0 Å². The molecule has 0 amide bonds. The Bertz CT molecular complexity index is 291. The van der Waals surface area contributed by atoms with Crippen LogP contribution in [0.5, 0.6) is 0 Å². The van der Waals surface area contributed by atoms with Crippen LogP contribution in [0.25, 0.3) is 0 Å². The van der Waals surface area contributed by atoms with Crippen molar-refractivity contribution in [2.45, 2.75) is 83.8 Å². The van der Waals surface area contributed by atoms with Gasteiger partial charge in [0.2, 0.25) is 0 Å². The Morgan fingerprint density at radius 2 is 2.00 bits per heavy atom. The highest BCUT2D eigenvalue weighted by molar-refractivity contribution is 5.04. The molecule has 19 heavy (non-hydrogen) atoms. The van der Waals surface area contributed by atoms with E-state index in [2.05, 4.69) is 37.1 Å². The molecule has 0 aromatic heterocycles. The van der Waals surface area contributed by atoms with Crippen molar-refractivity contribution < 1.29 is 0 Å². The van der Waals surface area contributed by atoms with Crippen LogP contribution < -0.4 is 5.32 Å². The van der Waals surface area contributed by atoms with Gasteiger partial charge in [0.1, 0.15) is 5.54 Å². The van der Waals surface area contributed by atoms with Gasteiger partial charge in [-0.05, 0) is 72.4 Å². The number of unbranched alkanes of at least 4 members (excludes halogenated alkanes) is 1. The summed E-state index contributed by atoms with van der Waals surface area (Å²) in [4.78, 5) is 2.64. The molecule has 0 aromatic rings. The second-order valence-corrected chi connectivity index (χ2v) is 6.47. The van der Waals surface area contributed by atoms with Gasteiger partial charge in [-0.2, -0.15) is 5.26 Å². The Morgan fingerprint density at radius 1 is 1.32 bits per heavy atom. The summed E-state index contributed by atoms with van der Waals surface area (Å²) in [5, 5.41) is 12.7. The van der Waals surface area contributed by atoms with Crippen LogP contribution in [0.3, 0.4) is 0 Å². The molecule has 1 aliphatic rings. The molecule has 0 aromatic carbocycles. The van der Waals surface area contributed by atoms with E-state index in [-0.39, 0.29) is 5.54 Å². The first-order valence-electron chi connectivity index (χ1n) is 7.93. The fraction of sp³-hybridized carbons (Fsp3) is 0.938. The first-order chi connectivity index (χ1) is 9.00. The van der Waals surface area contributed by atoms with E-state index < -0.39 is 0 Å². The number of nitrogens with zero attached hydrogens (tertiary/aromatic N) is 2. The Morgan fingerprint density at radius 3 is 2.47 bits per heavy atom. The van der Waals surface area contributed by atoms with Gasteiger partial charge in [0.05, 0.1) is 6.07 Å². The molecule has 1 saturated carbocycles. The summed E-state index contributed by atoms with van der Waals surface area (Å²) in [6.07, 6.45) is 7.34. The molecule has 110 valence electrons. The summed E-state index contributed by atoms with van der Waals surface area (Å²) in [6.45, 7) is 10.9. The van der Waals surface area contributed by atoms with Gasteiger partial charge in [-0.1, -0.05) is 6.92 Å². The molecule has 0 radical (unpaired) electrons. The van der Waals surface area contributed by atoms with Gasteiger partial charge in [0.25, 0.3) is 0 Å². The van der Waals surface area contributed by atoms with E-state index >= 15 is 0 Å². The van der Waals surface area contributed by atoms with Crippen LogP contribution in [0.1, 0.15) is 66.2 Å². The lowest BCUT2D eigenvalue weighted by Crippen LogP contribution is -2.45. The number of nitriles is 1. The van der Waals surface area contributed by atoms with Gasteiger partial charge in [0.15, 0.2) is 0 Å². The fourth-order valence-electron chi connectivity index (χ4n) is 2.79. The van der Waals surface area contributed by atoms with Crippen LogP contribution in [0.4, 0.5) is 0 Å². The molecule has 1 fully saturated rings. The minimum atomic E-state index is -0.358. The van der Waals surface area contributed by atoms with Crippen molar-refractivity contribution >= 4 is 0 Å². The largest absolute Gasteiger partial charge is 0.300 e.